The SMILES string of the molecule is CC/C=C\C/C=C\C/C=C\C/C=C\C/C=C\CCCCCCCCCC(=O)OC(COC(=O)CCCCCCCCCCC/C=C\CCCCCCCCCC)COP(=O)(O)OCCN. The maximum atomic E-state index is 12.7. The Labute approximate surface area is 399 Å². The number of carbonyl (C=O) groups is 2. The van der Waals surface area contributed by atoms with E-state index in [1.165, 1.54) is 122 Å². The van der Waals surface area contributed by atoms with E-state index in [-0.39, 0.29) is 38.6 Å². The molecular weight excluding hydrogens is 834 g/mol. The van der Waals surface area contributed by atoms with Gasteiger partial charge in [0.05, 0.1) is 13.2 Å². The molecule has 0 saturated carbocycles. The van der Waals surface area contributed by atoms with Crippen LogP contribution in [0.1, 0.15) is 232 Å². The topological polar surface area (TPSA) is 134 Å². The summed E-state index contributed by atoms with van der Waals surface area (Å²) in [5, 5.41) is 0. The molecule has 2 atom stereocenters. The number of ether oxygens (including phenoxy) is 2. The fourth-order valence-corrected chi connectivity index (χ4v) is 7.95. The van der Waals surface area contributed by atoms with Gasteiger partial charge in [-0.1, -0.05) is 209 Å². The van der Waals surface area contributed by atoms with Crippen molar-refractivity contribution < 1.29 is 37.6 Å². The first-order valence-corrected chi connectivity index (χ1v) is 27.9. The number of esters is 2. The van der Waals surface area contributed by atoms with E-state index in [2.05, 4.69) is 86.8 Å². The van der Waals surface area contributed by atoms with Gasteiger partial charge < -0.3 is 20.1 Å². The molecular formula is C55H98NO8P. The molecule has 0 aromatic heterocycles. The van der Waals surface area contributed by atoms with Gasteiger partial charge in [-0.15, -0.1) is 0 Å². The molecule has 0 rings (SSSR count). The fraction of sp³-hybridized carbons (Fsp3) is 0.745. The van der Waals surface area contributed by atoms with Crippen molar-refractivity contribution >= 4 is 19.8 Å². The van der Waals surface area contributed by atoms with Gasteiger partial charge in [-0.2, -0.15) is 0 Å². The molecule has 0 heterocycles. The molecule has 0 aliphatic heterocycles. The van der Waals surface area contributed by atoms with Gasteiger partial charge in [0.1, 0.15) is 6.61 Å². The van der Waals surface area contributed by atoms with Gasteiger partial charge in [-0.25, -0.2) is 4.57 Å². The fourth-order valence-electron chi connectivity index (χ4n) is 7.19. The van der Waals surface area contributed by atoms with Gasteiger partial charge >= 0.3 is 19.8 Å². The molecule has 0 saturated heterocycles. The lowest BCUT2D eigenvalue weighted by Crippen LogP contribution is -2.29. The van der Waals surface area contributed by atoms with Crippen molar-refractivity contribution in [3.05, 3.63) is 72.9 Å². The molecule has 10 heteroatoms. The Hall–Kier alpha value is -2.55. The van der Waals surface area contributed by atoms with Gasteiger partial charge in [0.15, 0.2) is 6.10 Å². The summed E-state index contributed by atoms with van der Waals surface area (Å²) < 4.78 is 33.0. The zero-order chi connectivity index (χ0) is 47.4. The Morgan fingerprint density at radius 2 is 0.846 bits per heavy atom. The highest BCUT2D eigenvalue weighted by molar-refractivity contribution is 7.47. The zero-order valence-electron chi connectivity index (χ0n) is 41.7. The molecule has 376 valence electrons. The highest BCUT2D eigenvalue weighted by Gasteiger charge is 2.26. The molecule has 0 radical (unpaired) electrons. The monoisotopic (exact) mass is 932 g/mol. The van der Waals surface area contributed by atoms with Crippen LogP contribution >= 0.6 is 7.82 Å². The maximum Gasteiger partial charge on any atom is 0.472 e. The molecule has 0 fully saturated rings. The average Bonchev–Trinajstić information content (AvgIpc) is 3.30. The smallest absolute Gasteiger partial charge is 0.462 e. The number of nitrogens with two attached hydrogens (primary N) is 1. The lowest BCUT2D eigenvalue weighted by atomic mass is 10.1. The molecule has 0 bridgehead atoms. The van der Waals surface area contributed by atoms with E-state index in [0.717, 1.165) is 77.0 Å². The maximum absolute atomic E-state index is 12.7. The number of carbonyl (C=O) groups excluding carboxylic acids is 2. The largest absolute Gasteiger partial charge is 0.472 e. The molecule has 0 aromatic carbocycles. The second-order valence-corrected chi connectivity index (χ2v) is 18.8. The summed E-state index contributed by atoms with van der Waals surface area (Å²) in [6.07, 6.45) is 63.7. The van der Waals surface area contributed by atoms with Gasteiger partial charge in [0, 0.05) is 19.4 Å². The standard InChI is InChI=1S/C55H98NO8P/c1-3-5-7-9-11-13-15-17-19-21-23-25-26-28-30-32-34-36-38-40-42-44-46-48-55(58)64-53(52-63-65(59,60)62-50-49-56)51-61-54(57)47-45-43-41-39-37-35-33-31-29-27-24-22-20-18-16-14-12-10-8-6-4-2/h5,7,11,13,17,19,22-25,28,30,53H,3-4,6,8-10,12,14-16,18,20-21,26-27,29,31-52,56H2,1-2H3,(H,59,60)/b7-5-,13-11-,19-17-,24-22-,25-23-,30-28-. The minimum absolute atomic E-state index is 0.0482. The van der Waals surface area contributed by atoms with E-state index in [4.69, 9.17) is 24.3 Å². The van der Waals surface area contributed by atoms with Crippen LogP contribution in [0.3, 0.4) is 0 Å². The number of unbranched alkanes of at least 4 members (excludes halogenated alkanes) is 24. The van der Waals surface area contributed by atoms with Crippen LogP contribution in [0.25, 0.3) is 0 Å². The summed E-state index contributed by atoms with van der Waals surface area (Å²) in [6, 6.07) is 0. The van der Waals surface area contributed by atoms with Crippen molar-refractivity contribution in [2.75, 3.05) is 26.4 Å². The van der Waals surface area contributed by atoms with E-state index in [9.17, 15) is 19.0 Å². The minimum Gasteiger partial charge on any atom is -0.462 e. The van der Waals surface area contributed by atoms with Crippen molar-refractivity contribution in [1.29, 1.82) is 0 Å². The lowest BCUT2D eigenvalue weighted by molar-refractivity contribution is -0.161. The molecule has 3 N–H and O–H groups in total. The summed E-state index contributed by atoms with van der Waals surface area (Å²) in [7, 11) is -4.39. The lowest BCUT2D eigenvalue weighted by Gasteiger charge is -2.19. The third-order valence-electron chi connectivity index (χ3n) is 11.1. The predicted octanol–water partition coefficient (Wildman–Crippen LogP) is 16.2. The van der Waals surface area contributed by atoms with Crippen LogP contribution in [0, 0.1) is 0 Å². The first kappa shape index (κ1) is 62.4. The van der Waals surface area contributed by atoms with Crippen LogP contribution in [0.15, 0.2) is 72.9 Å². The third-order valence-corrected chi connectivity index (χ3v) is 12.1. The van der Waals surface area contributed by atoms with Crippen molar-refractivity contribution in [3.8, 4) is 0 Å². The first-order chi connectivity index (χ1) is 31.8. The summed E-state index contributed by atoms with van der Waals surface area (Å²) in [5.41, 5.74) is 5.37. The Balaban J connectivity index is 4.07. The number of phosphoric acid groups is 1. The van der Waals surface area contributed by atoms with Crippen LogP contribution in [-0.2, 0) is 32.7 Å². The number of hydrogen-bond donors (Lipinski definition) is 2. The molecule has 0 aromatic rings. The van der Waals surface area contributed by atoms with Gasteiger partial charge in [0.2, 0.25) is 0 Å². The average molecular weight is 932 g/mol. The van der Waals surface area contributed by atoms with E-state index in [1.807, 2.05) is 0 Å². The first-order valence-electron chi connectivity index (χ1n) is 26.4. The van der Waals surface area contributed by atoms with Crippen molar-refractivity contribution in [2.24, 2.45) is 5.73 Å². The van der Waals surface area contributed by atoms with Crippen LogP contribution in [0.5, 0.6) is 0 Å². The molecule has 9 nitrogen and oxygen atoms in total. The van der Waals surface area contributed by atoms with Crippen LogP contribution < -0.4 is 5.73 Å². The van der Waals surface area contributed by atoms with Crippen LogP contribution in [0.4, 0.5) is 0 Å². The number of hydrogen-bond acceptors (Lipinski definition) is 8. The van der Waals surface area contributed by atoms with E-state index in [1.54, 1.807) is 0 Å². The minimum atomic E-state index is -4.39. The molecule has 65 heavy (non-hydrogen) atoms. The number of rotatable bonds is 49. The Morgan fingerprint density at radius 3 is 1.28 bits per heavy atom. The van der Waals surface area contributed by atoms with Gasteiger partial charge in [-0.3, -0.25) is 18.6 Å². The number of allylic oxidation sites excluding steroid dienone is 12. The Bertz CT molecular complexity index is 1290. The van der Waals surface area contributed by atoms with Crippen molar-refractivity contribution in [3.63, 3.8) is 0 Å². The molecule has 0 amide bonds. The van der Waals surface area contributed by atoms with E-state index >= 15 is 0 Å². The van der Waals surface area contributed by atoms with E-state index in [0.29, 0.717) is 6.42 Å². The molecule has 2 unspecified atom stereocenters. The Kier molecular flexibility index (Phi) is 48.9. The summed E-state index contributed by atoms with van der Waals surface area (Å²) in [5.74, 6) is -0.842. The second kappa shape index (κ2) is 50.9. The Morgan fingerprint density at radius 1 is 0.477 bits per heavy atom. The van der Waals surface area contributed by atoms with Gasteiger partial charge in [0.25, 0.3) is 0 Å². The van der Waals surface area contributed by atoms with Crippen LogP contribution in [-0.4, -0.2) is 49.3 Å². The van der Waals surface area contributed by atoms with Gasteiger partial charge in [-0.05, 0) is 83.5 Å². The van der Waals surface area contributed by atoms with Crippen molar-refractivity contribution in [1.82, 2.24) is 0 Å². The summed E-state index contributed by atoms with van der Waals surface area (Å²) in [6.45, 7) is 3.62. The summed E-state index contributed by atoms with van der Waals surface area (Å²) >= 11 is 0. The molecule has 0 spiro atoms. The quantitative estimate of drug-likeness (QED) is 0.0265. The molecule has 0 aliphatic carbocycles. The highest BCUT2D eigenvalue weighted by atomic mass is 31.2. The van der Waals surface area contributed by atoms with E-state index < -0.39 is 26.5 Å². The normalized spacial score (nSPS) is 13.7. The predicted molar refractivity (Wildman–Crippen MR) is 275 cm³/mol. The summed E-state index contributed by atoms with van der Waals surface area (Å²) in [4.78, 5) is 35.1. The van der Waals surface area contributed by atoms with Crippen molar-refractivity contribution in [2.45, 2.75) is 238 Å². The third kappa shape index (κ3) is 50.7. The zero-order valence-corrected chi connectivity index (χ0v) is 42.6. The molecule has 0 aliphatic rings. The number of phosphoric ester groups is 1. The highest BCUT2D eigenvalue weighted by Crippen LogP contribution is 2.43. The second-order valence-electron chi connectivity index (χ2n) is 17.4. The van der Waals surface area contributed by atoms with Crippen LogP contribution in [0.2, 0.25) is 0 Å².